The largest absolute Gasteiger partial charge is 0.361 e. The van der Waals surface area contributed by atoms with Crippen LogP contribution >= 0.6 is 0 Å². The van der Waals surface area contributed by atoms with E-state index in [1.165, 1.54) is 0 Å². The number of carbonyl (C=O) groups excluding carboxylic acids is 2. The van der Waals surface area contributed by atoms with Crippen molar-refractivity contribution in [3.63, 3.8) is 0 Å². The number of rotatable bonds is 7. The molecule has 0 bridgehead atoms. The Morgan fingerprint density at radius 2 is 1.87 bits per heavy atom. The molecule has 1 unspecified atom stereocenters. The highest BCUT2D eigenvalue weighted by Crippen LogP contribution is 2.34. The molecular formula is C24H24N4O2. The first-order valence-corrected chi connectivity index (χ1v) is 10.1. The first-order valence-electron chi connectivity index (χ1n) is 10.1. The van der Waals surface area contributed by atoms with E-state index in [2.05, 4.69) is 22.5 Å². The second-order valence-corrected chi connectivity index (χ2v) is 7.25. The smallest absolute Gasteiger partial charge is 0.256 e. The van der Waals surface area contributed by atoms with Gasteiger partial charge >= 0.3 is 0 Å². The first kappa shape index (κ1) is 19.6. The van der Waals surface area contributed by atoms with Crippen molar-refractivity contribution >= 4 is 17.5 Å². The van der Waals surface area contributed by atoms with Crippen LogP contribution in [0, 0.1) is 0 Å². The van der Waals surface area contributed by atoms with Gasteiger partial charge in [0.15, 0.2) is 0 Å². The Bertz CT molecular complexity index is 1050. The Labute approximate surface area is 175 Å². The van der Waals surface area contributed by atoms with Crippen molar-refractivity contribution in [2.45, 2.75) is 26.1 Å². The van der Waals surface area contributed by atoms with Gasteiger partial charge in [-0.2, -0.15) is 0 Å². The number of carbonyl (C=O) groups is 2. The van der Waals surface area contributed by atoms with E-state index in [0.29, 0.717) is 18.7 Å². The number of hydrogen-bond acceptors (Lipinski definition) is 4. The highest BCUT2D eigenvalue weighted by molar-refractivity contribution is 5.99. The molecule has 0 saturated carbocycles. The molecule has 0 fully saturated rings. The quantitative estimate of drug-likeness (QED) is 0.629. The topological polar surface area (TPSA) is 74.3 Å². The minimum Gasteiger partial charge on any atom is -0.361 e. The summed E-state index contributed by atoms with van der Waals surface area (Å²) in [4.78, 5) is 31.2. The number of fused-ring (bicyclic) bond motifs is 1. The third-order valence-corrected chi connectivity index (χ3v) is 5.15. The molecule has 2 amide bonds. The van der Waals surface area contributed by atoms with Crippen molar-refractivity contribution in [3.8, 4) is 0 Å². The monoisotopic (exact) mass is 400 g/mol. The fourth-order valence-corrected chi connectivity index (χ4v) is 3.69. The number of benzene rings is 2. The molecule has 3 aromatic rings. The maximum atomic E-state index is 12.8. The minimum atomic E-state index is -0.247. The summed E-state index contributed by atoms with van der Waals surface area (Å²) in [6.07, 6.45) is 4.03. The third-order valence-electron chi connectivity index (χ3n) is 5.15. The van der Waals surface area contributed by atoms with Crippen molar-refractivity contribution in [2.24, 2.45) is 0 Å². The van der Waals surface area contributed by atoms with Gasteiger partial charge in [-0.15, -0.1) is 0 Å². The number of amides is 2. The molecule has 6 nitrogen and oxygen atoms in total. The maximum Gasteiger partial charge on any atom is 0.256 e. The lowest BCUT2D eigenvalue weighted by Gasteiger charge is -2.27. The summed E-state index contributed by atoms with van der Waals surface area (Å²) in [5, 5.41) is 6.38. The van der Waals surface area contributed by atoms with Crippen LogP contribution in [0.15, 0.2) is 73.1 Å². The Hall–Kier alpha value is -3.67. The standard InChI is InChI=1S/C24H24N4O2/c1-2-14-28-22(20-8-3-4-9-21(20)24(28)30)27-19-7-5-6-18(15-19)23(29)26-16-17-10-12-25-13-11-17/h3-13,15,22,27H,2,14,16H2,1H3,(H,26,29). The Balaban J connectivity index is 1.51. The van der Waals surface area contributed by atoms with Crippen molar-refractivity contribution in [1.82, 2.24) is 15.2 Å². The maximum absolute atomic E-state index is 12.8. The van der Waals surface area contributed by atoms with Gasteiger partial charge in [-0.25, -0.2) is 0 Å². The number of anilines is 1. The van der Waals surface area contributed by atoms with Gasteiger partial charge in [0.2, 0.25) is 0 Å². The van der Waals surface area contributed by atoms with Crippen LogP contribution in [-0.4, -0.2) is 28.2 Å². The van der Waals surface area contributed by atoms with Gasteiger partial charge in [0.1, 0.15) is 6.17 Å². The van der Waals surface area contributed by atoms with Crippen molar-refractivity contribution in [2.75, 3.05) is 11.9 Å². The second kappa shape index (κ2) is 8.78. The fraction of sp³-hybridized carbons (Fsp3) is 0.208. The lowest BCUT2D eigenvalue weighted by atomic mass is 10.1. The lowest BCUT2D eigenvalue weighted by Crippen LogP contribution is -2.33. The molecule has 2 N–H and O–H groups in total. The van der Waals surface area contributed by atoms with E-state index in [1.807, 2.05) is 59.5 Å². The zero-order valence-electron chi connectivity index (χ0n) is 16.8. The third kappa shape index (κ3) is 4.03. The Morgan fingerprint density at radius 3 is 2.67 bits per heavy atom. The molecule has 30 heavy (non-hydrogen) atoms. The van der Waals surface area contributed by atoms with Crippen LogP contribution in [-0.2, 0) is 6.54 Å². The molecule has 0 spiro atoms. The number of nitrogens with zero attached hydrogens (tertiary/aromatic N) is 2. The molecule has 4 rings (SSSR count). The predicted octanol–water partition coefficient (Wildman–Crippen LogP) is 3.99. The van der Waals surface area contributed by atoms with E-state index < -0.39 is 0 Å². The summed E-state index contributed by atoms with van der Waals surface area (Å²) >= 11 is 0. The van der Waals surface area contributed by atoms with E-state index in [1.54, 1.807) is 18.5 Å². The SMILES string of the molecule is CCCN1C(=O)c2ccccc2C1Nc1cccc(C(=O)NCc2ccncc2)c1. The van der Waals surface area contributed by atoms with Gasteiger partial charge in [0, 0.05) is 47.9 Å². The van der Waals surface area contributed by atoms with E-state index in [4.69, 9.17) is 0 Å². The van der Waals surface area contributed by atoms with Crippen LogP contribution in [0.2, 0.25) is 0 Å². The van der Waals surface area contributed by atoms with Crippen LogP contribution in [0.4, 0.5) is 5.69 Å². The van der Waals surface area contributed by atoms with Crippen LogP contribution in [0.25, 0.3) is 0 Å². The van der Waals surface area contributed by atoms with Gasteiger partial charge in [-0.05, 0) is 48.4 Å². The van der Waals surface area contributed by atoms with Crippen molar-refractivity contribution in [3.05, 3.63) is 95.3 Å². The molecule has 2 aromatic carbocycles. The van der Waals surface area contributed by atoms with Crippen LogP contribution in [0.5, 0.6) is 0 Å². The van der Waals surface area contributed by atoms with E-state index in [9.17, 15) is 9.59 Å². The molecule has 1 aromatic heterocycles. The molecule has 152 valence electrons. The molecule has 0 radical (unpaired) electrons. The zero-order chi connectivity index (χ0) is 20.9. The zero-order valence-corrected chi connectivity index (χ0v) is 16.8. The van der Waals surface area contributed by atoms with Gasteiger partial charge < -0.3 is 15.5 Å². The summed E-state index contributed by atoms with van der Waals surface area (Å²) in [5.74, 6) is -0.111. The summed E-state index contributed by atoms with van der Waals surface area (Å²) in [7, 11) is 0. The molecule has 0 aliphatic carbocycles. The molecule has 0 saturated heterocycles. The van der Waals surface area contributed by atoms with Crippen molar-refractivity contribution < 1.29 is 9.59 Å². The van der Waals surface area contributed by atoms with E-state index in [0.717, 1.165) is 28.8 Å². The van der Waals surface area contributed by atoms with Crippen molar-refractivity contribution in [1.29, 1.82) is 0 Å². The lowest BCUT2D eigenvalue weighted by molar-refractivity contribution is 0.0742. The first-order chi connectivity index (χ1) is 14.7. The molecule has 1 atom stereocenters. The second-order valence-electron chi connectivity index (χ2n) is 7.25. The van der Waals surface area contributed by atoms with Gasteiger partial charge in [-0.1, -0.05) is 31.2 Å². The highest BCUT2D eigenvalue weighted by Gasteiger charge is 2.35. The Morgan fingerprint density at radius 1 is 1.07 bits per heavy atom. The van der Waals surface area contributed by atoms with Crippen LogP contribution in [0.1, 0.15) is 51.4 Å². The molecule has 2 heterocycles. The summed E-state index contributed by atoms with van der Waals surface area (Å²) < 4.78 is 0. The number of pyridine rings is 1. The Kier molecular flexibility index (Phi) is 5.75. The number of hydrogen-bond donors (Lipinski definition) is 2. The summed E-state index contributed by atoms with van der Waals surface area (Å²) in [5.41, 5.74) is 4.04. The molecular weight excluding hydrogens is 376 g/mol. The van der Waals surface area contributed by atoms with Gasteiger partial charge in [0.05, 0.1) is 0 Å². The summed E-state index contributed by atoms with van der Waals surface area (Å²) in [6.45, 7) is 3.16. The van der Waals surface area contributed by atoms with Gasteiger partial charge in [-0.3, -0.25) is 14.6 Å². The molecule has 6 heteroatoms. The summed E-state index contributed by atoms with van der Waals surface area (Å²) in [6, 6.07) is 18.8. The predicted molar refractivity (Wildman–Crippen MR) is 116 cm³/mol. The fourth-order valence-electron chi connectivity index (χ4n) is 3.69. The minimum absolute atomic E-state index is 0.0381. The molecule has 1 aliphatic rings. The van der Waals surface area contributed by atoms with E-state index >= 15 is 0 Å². The number of aromatic nitrogens is 1. The van der Waals surface area contributed by atoms with Crippen LogP contribution < -0.4 is 10.6 Å². The average Bonchev–Trinajstić information content (AvgIpc) is 3.05. The van der Waals surface area contributed by atoms with E-state index in [-0.39, 0.29) is 18.0 Å². The molecule has 1 aliphatic heterocycles. The highest BCUT2D eigenvalue weighted by atomic mass is 16.2. The average molecular weight is 400 g/mol. The normalized spacial score (nSPS) is 15.0. The van der Waals surface area contributed by atoms with Crippen LogP contribution in [0.3, 0.4) is 0 Å². The number of nitrogens with one attached hydrogen (secondary N) is 2. The van der Waals surface area contributed by atoms with Gasteiger partial charge in [0.25, 0.3) is 11.8 Å².